The molecule has 0 saturated heterocycles. The summed E-state index contributed by atoms with van der Waals surface area (Å²) in [5, 5.41) is 0. The first-order valence-corrected chi connectivity index (χ1v) is 12.3. The van der Waals surface area contributed by atoms with E-state index in [2.05, 4.69) is 14.7 Å². The fraction of sp³-hybridized carbons (Fsp3) is 0.115. The molecule has 7 nitrogen and oxygen atoms in total. The third-order valence-electron chi connectivity index (χ3n) is 5.09. The lowest BCUT2D eigenvalue weighted by atomic mass is 10.0. The number of nitrogens with one attached hydrogen (secondary N) is 1. The van der Waals surface area contributed by atoms with Gasteiger partial charge in [-0.15, -0.1) is 0 Å². The summed E-state index contributed by atoms with van der Waals surface area (Å²) in [5.41, 5.74) is 1.85. The van der Waals surface area contributed by atoms with E-state index in [0.717, 1.165) is 11.1 Å². The molecule has 0 bridgehead atoms. The highest BCUT2D eigenvalue weighted by Crippen LogP contribution is 2.29. The lowest BCUT2D eigenvalue weighted by molar-refractivity contribution is -0.118. The molecule has 2 heterocycles. The van der Waals surface area contributed by atoms with Gasteiger partial charge in [-0.25, -0.2) is 17.8 Å². The van der Waals surface area contributed by atoms with Crippen molar-refractivity contribution in [1.82, 2.24) is 9.97 Å². The molecule has 0 spiro atoms. The molecule has 0 atom stereocenters. The van der Waals surface area contributed by atoms with Crippen LogP contribution in [0.15, 0.2) is 96.3 Å². The molecule has 4 aromatic rings. The normalized spacial score (nSPS) is 11.1. The number of anilines is 1. The molecule has 4 rings (SSSR count). The lowest BCUT2D eigenvalue weighted by Gasteiger charge is -2.12. The van der Waals surface area contributed by atoms with Crippen LogP contribution in [0.1, 0.15) is 17.5 Å². The molecule has 0 unspecified atom stereocenters. The van der Waals surface area contributed by atoms with Gasteiger partial charge in [0.1, 0.15) is 23.0 Å². The number of benzene rings is 2. The van der Waals surface area contributed by atoms with Crippen molar-refractivity contribution in [3.63, 3.8) is 0 Å². The zero-order chi connectivity index (χ0) is 24.7. The average molecular weight is 492 g/mol. The highest BCUT2D eigenvalue weighted by Gasteiger charge is 2.18. The van der Waals surface area contributed by atoms with Crippen molar-refractivity contribution in [2.75, 3.05) is 4.72 Å². The fourth-order valence-corrected chi connectivity index (χ4v) is 4.36. The second kappa shape index (κ2) is 10.9. The van der Waals surface area contributed by atoms with Gasteiger partial charge in [0.2, 0.25) is 5.88 Å². The molecule has 178 valence electrons. The van der Waals surface area contributed by atoms with E-state index in [-0.39, 0.29) is 28.7 Å². The van der Waals surface area contributed by atoms with Gasteiger partial charge < -0.3 is 4.74 Å². The molecule has 0 saturated carbocycles. The minimum absolute atomic E-state index is 0.0264. The number of halogens is 1. The monoisotopic (exact) mass is 491 g/mol. The van der Waals surface area contributed by atoms with Crippen molar-refractivity contribution < 1.29 is 22.3 Å². The smallest absolute Gasteiger partial charge is 0.262 e. The summed E-state index contributed by atoms with van der Waals surface area (Å²) in [4.78, 5) is 20.5. The number of ketones is 1. The zero-order valence-corrected chi connectivity index (χ0v) is 19.4. The Bertz CT molecular complexity index is 1390. The van der Waals surface area contributed by atoms with Crippen LogP contribution in [-0.4, -0.2) is 24.2 Å². The third kappa shape index (κ3) is 6.70. The lowest BCUT2D eigenvalue weighted by Crippen LogP contribution is -2.14. The van der Waals surface area contributed by atoms with Crippen LogP contribution >= 0.6 is 0 Å². The number of Topliss-reactive ketones (excluding diaryl/α,β-unsaturated/α-hetero) is 1. The maximum absolute atomic E-state index is 13.1. The third-order valence-corrected chi connectivity index (χ3v) is 6.48. The summed E-state index contributed by atoms with van der Waals surface area (Å²) in [7, 11) is -3.95. The number of pyridine rings is 2. The number of nitrogens with zero attached hydrogens (tertiary/aromatic N) is 2. The van der Waals surface area contributed by atoms with E-state index in [4.69, 9.17) is 4.74 Å². The Balaban J connectivity index is 1.40. The van der Waals surface area contributed by atoms with E-state index < -0.39 is 15.8 Å². The van der Waals surface area contributed by atoms with Gasteiger partial charge in [-0.2, -0.15) is 0 Å². The predicted molar refractivity (Wildman–Crippen MR) is 129 cm³/mol. The van der Waals surface area contributed by atoms with Gasteiger partial charge in [-0.3, -0.25) is 14.5 Å². The van der Waals surface area contributed by atoms with Gasteiger partial charge in [0.05, 0.1) is 4.90 Å². The van der Waals surface area contributed by atoms with Crippen molar-refractivity contribution in [3.8, 4) is 11.6 Å². The van der Waals surface area contributed by atoms with Crippen LogP contribution in [0.5, 0.6) is 11.6 Å². The average Bonchev–Trinajstić information content (AvgIpc) is 2.86. The molecule has 0 aliphatic carbocycles. The maximum Gasteiger partial charge on any atom is 0.262 e. The van der Waals surface area contributed by atoms with Crippen LogP contribution in [-0.2, 0) is 27.7 Å². The van der Waals surface area contributed by atoms with Crippen molar-refractivity contribution in [3.05, 3.63) is 108 Å². The number of rotatable bonds is 10. The molecule has 35 heavy (non-hydrogen) atoms. The topological polar surface area (TPSA) is 98.2 Å². The van der Waals surface area contributed by atoms with E-state index in [1.54, 1.807) is 30.6 Å². The number of aryl methyl sites for hydroxylation is 1. The summed E-state index contributed by atoms with van der Waals surface area (Å²) < 4.78 is 47.1. The van der Waals surface area contributed by atoms with Crippen LogP contribution in [0.3, 0.4) is 0 Å². The molecule has 2 aromatic carbocycles. The van der Waals surface area contributed by atoms with Gasteiger partial charge in [-0.1, -0.05) is 18.2 Å². The number of carbonyl (C=O) groups is 1. The molecular weight excluding hydrogens is 469 g/mol. The number of ether oxygens (including phenoxy) is 1. The second-order valence-corrected chi connectivity index (χ2v) is 9.42. The molecule has 0 aliphatic rings. The highest BCUT2D eigenvalue weighted by atomic mass is 32.2. The number of sulfonamides is 1. The molecule has 1 N–H and O–H groups in total. The summed E-state index contributed by atoms with van der Waals surface area (Å²) in [6.45, 7) is 0. The van der Waals surface area contributed by atoms with Gasteiger partial charge in [-0.05, 0) is 72.1 Å². The second-order valence-electron chi connectivity index (χ2n) is 7.74. The van der Waals surface area contributed by atoms with Crippen LogP contribution in [0.4, 0.5) is 10.1 Å². The first-order valence-electron chi connectivity index (χ1n) is 10.8. The van der Waals surface area contributed by atoms with E-state index >= 15 is 0 Å². The van der Waals surface area contributed by atoms with Crippen molar-refractivity contribution >= 4 is 21.5 Å². The van der Waals surface area contributed by atoms with Crippen molar-refractivity contribution in [2.45, 2.75) is 24.2 Å². The van der Waals surface area contributed by atoms with Crippen LogP contribution in [0.25, 0.3) is 0 Å². The Labute approximate surface area is 202 Å². The molecule has 0 radical (unpaired) electrons. The largest absolute Gasteiger partial charge is 0.437 e. The molecule has 2 aromatic heterocycles. The Morgan fingerprint density at radius 3 is 2.37 bits per heavy atom. The van der Waals surface area contributed by atoms with Crippen LogP contribution in [0, 0.1) is 5.82 Å². The molecule has 0 fully saturated rings. The zero-order valence-electron chi connectivity index (χ0n) is 18.6. The van der Waals surface area contributed by atoms with E-state index in [1.807, 2.05) is 12.1 Å². The minimum Gasteiger partial charge on any atom is -0.437 e. The number of hydrogen-bond acceptors (Lipinski definition) is 6. The molecular formula is C26H22FN3O4S. The minimum atomic E-state index is -3.95. The summed E-state index contributed by atoms with van der Waals surface area (Å²) >= 11 is 0. The molecule has 0 amide bonds. The van der Waals surface area contributed by atoms with Crippen molar-refractivity contribution in [2.24, 2.45) is 0 Å². The van der Waals surface area contributed by atoms with Gasteiger partial charge in [0, 0.05) is 31.4 Å². The van der Waals surface area contributed by atoms with E-state index in [0.29, 0.717) is 18.6 Å². The first kappa shape index (κ1) is 24.0. The quantitative estimate of drug-likeness (QED) is 0.337. The van der Waals surface area contributed by atoms with E-state index in [1.165, 1.54) is 48.7 Å². The Kier molecular flexibility index (Phi) is 7.47. The fourth-order valence-electron chi connectivity index (χ4n) is 3.30. The Hall–Kier alpha value is -4.11. The Morgan fingerprint density at radius 1 is 0.914 bits per heavy atom. The van der Waals surface area contributed by atoms with Gasteiger partial charge >= 0.3 is 0 Å². The predicted octanol–water partition coefficient (Wildman–Crippen LogP) is 4.95. The number of hydrogen-bond donors (Lipinski definition) is 1. The standard InChI is InChI=1S/C26H22FN3O4S/c27-21-8-11-23(12-9-21)34-26-25(4-2-16-29-26)30-35(32,33)24-13-6-19(7-14-24)17-22(31)10-5-20-3-1-15-28-18-20/h1-4,6-9,11-16,18,30H,5,10,17H2. The van der Waals surface area contributed by atoms with Crippen molar-refractivity contribution in [1.29, 1.82) is 0 Å². The number of aromatic nitrogens is 2. The highest BCUT2D eigenvalue weighted by molar-refractivity contribution is 7.92. The molecule has 9 heteroatoms. The SMILES string of the molecule is O=C(CCc1cccnc1)Cc1ccc(S(=O)(=O)Nc2cccnc2Oc2ccc(F)cc2)cc1. The van der Waals surface area contributed by atoms with Gasteiger partial charge in [0.15, 0.2) is 0 Å². The summed E-state index contributed by atoms with van der Waals surface area (Å²) in [6.07, 6.45) is 6.08. The van der Waals surface area contributed by atoms with Gasteiger partial charge in [0.25, 0.3) is 10.0 Å². The molecule has 0 aliphatic heterocycles. The van der Waals surface area contributed by atoms with Crippen LogP contribution in [0.2, 0.25) is 0 Å². The summed E-state index contributed by atoms with van der Waals surface area (Å²) in [5.74, 6) is -0.0277. The number of carbonyl (C=O) groups excluding carboxylic acids is 1. The Morgan fingerprint density at radius 2 is 1.66 bits per heavy atom. The summed E-state index contributed by atoms with van der Waals surface area (Å²) in [6, 6.07) is 18.3. The van der Waals surface area contributed by atoms with E-state index in [9.17, 15) is 17.6 Å². The maximum atomic E-state index is 13.1. The van der Waals surface area contributed by atoms with Crippen LogP contribution < -0.4 is 9.46 Å². The first-order chi connectivity index (χ1) is 16.9.